The first-order chi connectivity index (χ1) is 10.9. The molecule has 2 aromatic rings. The minimum absolute atomic E-state index is 0.0424. The number of rotatable bonds is 3. The van der Waals surface area contributed by atoms with Crippen molar-refractivity contribution in [1.29, 1.82) is 10.5 Å². The normalized spacial score (nSPS) is 9.96. The van der Waals surface area contributed by atoms with Crippen LogP contribution in [0, 0.1) is 36.5 Å². The smallest absolute Gasteiger partial charge is 0.268 e. The number of nitrogens with one attached hydrogen (secondary N) is 1. The fraction of sp³-hybridized carbons (Fsp3) is 0.235. The van der Waals surface area contributed by atoms with Gasteiger partial charge in [0.15, 0.2) is 0 Å². The van der Waals surface area contributed by atoms with Crippen molar-refractivity contribution in [2.24, 2.45) is 0 Å². The number of aryl methyl sites for hydroxylation is 2. The molecule has 0 bridgehead atoms. The van der Waals surface area contributed by atoms with Gasteiger partial charge >= 0.3 is 0 Å². The van der Waals surface area contributed by atoms with Crippen LogP contribution in [0.3, 0.4) is 0 Å². The van der Waals surface area contributed by atoms with E-state index in [9.17, 15) is 15.3 Å². The molecule has 1 aromatic carbocycles. The van der Waals surface area contributed by atoms with E-state index in [-0.39, 0.29) is 22.5 Å². The molecule has 0 saturated heterocycles. The van der Waals surface area contributed by atoms with Gasteiger partial charge < -0.3 is 15.5 Å². The van der Waals surface area contributed by atoms with Gasteiger partial charge in [-0.3, -0.25) is 4.79 Å². The van der Waals surface area contributed by atoms with Gasteiger partial charge in [-0.05, 0) is 49.6 Å². The van der Waals surface area contributed by atoms with E-state index in [0.29, 0.717) is 17.9 Å². The van der Waals surface area contributed by atoms with E-state index in [0.717, 1.165) is 11.1 Å². The molecule has 23 heavy (non-hydrogen) atoms. The molecule has 0 saturated carbocycles. The fourth-order valence-corrected chi connectivity index (χ4v) is 2.66. The number of aromatic nitrogens is 1. The van der Waals surface area contributed by atoms with Gasteiger partial charge in [0, 0.05) is 5.56 Å². The van der Waals surface area contributed by atoms with Gasteiger partial charge in [0.2, 0.25) is 0 Å². The monoisotopic (exact) mass is 308 g/mol. The van der Waals surface area contributed by atoms with E-state index in [2.05, 4.69) is 4.98 Å². The topological polar surface area (TPSA) is 116 Å². The number of hydrogen-bond acceptors (Lipinski definition) is 5. The van der Waals surface area contributed by atoms with Crippen LogP contribution in [-0.4, -0.2) is 11.6 Å². The average molecular weight is 308 g/mol. The summed E-state index contributed by atoms with van der Waals surface area (Å²) in [5, 5.41) is 18.8. The number of nitrogens with two attached hydrogens (primary N) is 1. The molecule has 2 rings (SSSR count). The molecular formula is C17H16N4O2. The van der Waals surface area contributed by atoms with E-state index in [1.165, 1.54) is 0 Å². The number of anilines is 1. The highest BCUT2D eigenvalue weighted by Gasteiger charge is 2.21. The second kappa shape index (κ2) is 6.25. The molecule has 116 valence electrons. The molecule has 0 aliphatic carbocycles. The van der Waals surface area contributed by atoms with Crippen LogP contribution in [0.4, 0.5) is 5.82 Å². The highest BCUT2D eigenvalue weighted by atomic mass is 16.5. The van der Waals surface area contributed by atoms with Crippen LogP contribution in [0.15, 0.2) is 16.9 Å². The SMILES string of the molecule is CCOc1cc(C)c(-c2c(C#N)c(N)[nH]c(=O)c2C#N)c(C)c1. The first-order valence-electron chi connectivity index (χ1n) is 7.04. The number of nitriles is 2. The Bertz CT molecular complexity index is 891. The minimum Gasteiger partial charge on any atom is -0.494 e. The Morgan fingerprint density at radius 1 is 1.13 bits per heavy atom. The Morgan fingerprint density at radius 2 is 1.70 bits per heavy atom. The van der Waals surface area contributed by atoms with Crippen LogP contribution in [0.2, 0.25) is 0 Å². The van der Waals surface area contributed by atoms with E-state index in [1.54, 1.807) is 0 Å². The second-order valence-corrected chi connectivity index (χ2v) is 5.08. The summed E-state index contributed by atoms with van der Waals surface area (Å²) in [7, 11) is 0. The van der Waals surface area contributed by atoms with E-state index >= 15 is 0 Å². The predicted octanol–water partition coefficient (Wildman–Crippen LogP) is 2.38. The van der Waals surface area contributed by atoms with Crippen LogP contribution in [0.1, 0.15) is 29.2 Å². The van der Waals surface area contributed by atoms with Crippen molar-refractivity contribution in [2.75, 3.05) is 12.3 Å². The number of hydrogen-bond donors (Lipinski definition) is 2. The quantitative estimate of drug-likeness (QED) is 0.903. The number of nitrogen functional groups attached to an aromatic ring is 1. The molecule has 1 aromatic heterocycles. The molecule has 1 heterocycles. The molecule has 6 heteroatoms. The van der Waals surface area contributed by atoms with Gasteiger partial charge in [-0.15, -0.1) is 0 Å². The number of H-pyrrole nitrogens is 1. The molecule has 0 amide bonds. The summed E-state index contributed by atoms with van der Waals surface area (Å²) < 4.78 is 5.50. The predicted molar refractivity (Wildman–Crippen MR) is 87.0 cm³/mol. The van der Waals surface area contributed by atoms with Crippen LogP contribution >= 0.6 is 0 Å². The van der Waals surface area contributed by atoms with Crippen LogP contribution in [0.5, 0.6) is 5.75 Å². The van der Waals surface area contributed by atoms with Gasteiger partial charge in [0.1, 0.15) is 34.8 Å². The maximum absolute atomic E-state index is 12.0. The van der Waals surface area contributed by atoms with Gasteiger partial charge in [0.25, 0.3) is 5.56 Å². The number of pyridine rings is 1. The molecule has 3 N–H and O–H groups in total. The summed E-state index contributed by atoms with van der Waals surface area (Å²) >= 11 is 0. The number of benzene rings is 1. The van der Waals surface area contributed by atoms with Crippen molar-refractivity contribution in [2.45, 2.75) is 20.8 Å². The maximum atomic E-state index is 12.0. The fourth-order valence-electron chi connectivity index (χ4n) is 2.66. The van der Waals surface area contributed by atoms with Crippen molar-refractivity contribution < 1.29 is 4.74 Å². The lowest BCUT2D eigenvalue weighted by Gasteiger charge is -2.16. The molecule has 0 aliphatic heterocycles. The maximum Gasteiger partial charge on any atom is 0.268 e. The van der Waals surface area contributed by atoms with Crippen molar-refractivity contribution in [3.63, 3.8) is 0 Å². The molecular weight excluding hydrogens is 292 g/mol. The van der Waals surface area contributed by atoms with Crippen LogP contribution in [0.25, 0.3) is 11.1 Å². The van der Waals surface area contributed by atoms with Gasteiger partial charge in [-0.25, -0.2) is 0 Å². The third-order valence-electron chi connectivity index (χ3n) is 3.54. The number of nitrogens with zero attached hydrogens (tertiary/aromatic N) is 2. The molecule has 0 atom stereocenters. The zero-order valence-corrected chi connectivity index (χ0v) is 13.2. The molecule has 0 radical (unpaired) electrons. The Hall–Kier alpha value is -3.25. The lowest BCUT2D eigenvalue weighted by Crippen LogP contribution is -2.17. The lowest BCUT2D eigenvalue weighted by molar-refractivity contribution is 0.340. The van der Waals surface area contributed by atoms with Crippen molar-refractivity contribution in [3.05, 3.63) is 44.7 Å². The highest BCUT2D eigenvalue weighted by molar-refractivity contribution is 5.84. The summed E-state index contributed by atoms with van der Waals surface area (Å²) in [6.07, 6.45) is 0. The summed E-state index contributed by atoms with van der Waals surface area (Å²) in [4.78, 5) is 14.4. The Morgan fingerprint density at radius 3 is 2.17 bits per heavy atom. The molecule has 6 nitrogen and oxygen atoms in total. The van der Waals surface area contributed by atoms with Crippen molar-refractivity contribution in [1.82, 2.24) is 4.98 Å². The molecule has 0 aliphatic rings. The lowest BCUT2D eigenvalue weighted by atomic mass is 9.90. The number of aromatic amines is 1. The molecule has 0 fully saturated rings. The van der Waals surface area contributed by atoms with Crippen molar-refractivity contribution in [3.8, 4) is 29.0 Å². The zero-order valence-electron chi connectivity index (χ0n) is 13.2. The van der Waals surface area contributed by atoms with Gasteiger partial charge in [-0.2, -0.15) is 10.5 Å². The molecule has 0 spiro atoms. The minimum atomic E-state index is -0.605. The van der Waals surface area contributed by atoms with Gasteiger partial charge in [-0.1, -0.05) is 0 Å². The number of ether oxygens (including phenoxy) is 1. The first-order valence-corrected chi connectivity index (χ1v) is 7.04. The average Bonchev–Trinajstić information content (AvgIpc) is 2.47. The van der Waals surface area contributed by atoms with Crippen molar-refractivity contribution >= 4 is 5.82 Å². The largest absolute Gasteiger partial charge is 0.494 e. The van der Waals surface area contributed by atoms with Gasteiger partial charge in [0.05, 0.1) is 6.61 Å². The van der Waals surface area contributed by atoms with E-state index in [4.69, 9.17) is 10.5 Å². The third-order valence-corrected chi connectivity index (χ3v) is 3.54. The third kappa shape index (κ3) is 2.75. The molecule has 0 unspecified atom stereocenters. The Kier molecular flexibility index (Phi) is 4.38. The Balaban J connectivity index is 2.91. The second-order valence-electron chi connectivity index (χ2n) is 5.08. The van der Waals surface area contributed by atoms with E-state index < -0.39 is 5.56 Å². The van der Waals surface area contributed by atoms with E-state index in [1.807, 2.05) is 45.0 Å². The first kappa shape index (κ1) is 16.1. The summed E-state index contributed by atoms with van der Waals surface area (Å²) in [6.45, 7) is 6.09. The standard InChI is InChI=1S/C17H16N4O2/c1-4-23-11-5-9(2)14(10(3)6-11)15-12(7-18)16(20)21-17(22)13(15)8-19/h5-6H,4H2,1-3H3,(H3,20,21,22). The Labute approximate surface area is 133 Å². The summed E-state index contributed by atoms with van der Waals surface area (Å²) in [6, 6.07) is 7.48. The summed E-state index contributed by atoms with van der Waals surface area (Å²) in [5.74, 6) is 0.653. The van der Waals surface area contributed by atoms with Crippen LogP contribution in [-0.2, 0) is 0 Å². The van der Waals surface area contributed by atoms with Crippen LogP contribution < -0.4 is 16.0 Å². The highest BCUT2D eigenvalue weighted by Crippen LogP contribution is 2.35. The zero-order chi connectivity index (χ0) is 17.1. The summed E-state index contributed by atoms with van der Waals surface area (Å²) in [5.41, 5.74) is 7.65.